The highest BCUT2D eigenvalue weighted by Crippen LogP contribution is 2.21. The van der Waals surface area contributed by atoms with Gasteiger partial charge in [-0.05, 0) is 6.07 Å². The molecule has 0 bridgehead atoms. The number of aromatic nitrogens is 2. The number of nitrogens with zero attached hydrogens (tertiary/aromatic N) is 2. The zero-order chi connectivity index (χ0) is 11.6. The van der Waals surface area contributed by atoms with Crippen LogP contribution in [0.25, 0.3) is 11.3 Å². The minimum atomic E-state index is -0.0404. The maximum atomic E-state index is 4.57. The van der Waals surface area contributed by atoms with E-state index in [1.165, 1.54) is 0 Å². The molecule has 0 aliphatic heterocycles. The highest BCUT2D eigenvalue weighted by molar-refractivity contribution is 5.58. The first-order valence-electron chi connectivity index (χ1n) is 5.38. The Morgan fingerprint density at radius 2 is 1.75 bits per heavy atom. The maximum absolute atomic E-state index is 4.57. The standard InChI is InChI=1S/C14H15N2/c1-14(2,3)13-15-10-9-12(16-13)11-7-5-4-6-8-11/h4-9H,1-3H3. The zero-order valence-corrected chi connectivity index (χ0v) is 9.86. The van der Waals surface area contributed by atoms with Gasteiger partial charge < -0.3 is 0 Å². The molecule has 81 valence electrons. The number of rotatable bonds is 1. The highest BCUT2D eigenvalue weighted by atomic mass is 14.9. The van der Waals surface area contributed by atoms with E-state index in [1.54, 1.807) is 0 Å². The van der Waals surface area contributed by atoms with Crippen molar-refractivity contribution in [2.75, 3.05) is 0 Å². The van der Waals surface area contributed by atoms with Crippen LogP contribution in [0.5, 0.6) is 0 Å². The second-order valence-electron chi connectivity index (χ2n) is 4.82. The van der Waals surface area contributed by atoms with Gasteiger partial charge in [0.25, 0.3) is 0 Å². The number of hydrogen-bond acceptors (Lipinski definition) is 2. The lowest BCUT2D eigenvalue weighted by atomic mass is 9.95. The van der Waals surface area contributed by atoms with Crippen molar-refractivity contribution in [2.45, 2.75) is 26.2 Å². The first-order valence-corrected chi connectivity index (χ1v) is 5.38. The third kappa shape index (κ3) is 2.27. The van der Waals surface area contributed by atoms with E-state index in [-0.39, 0.29) is 5.41 Å². The molecular weight excluding hydrogens is 196 g/mol. The zero-order valence-electron chi connectivity index (χ0n) is 9.86. The van der Waals surface area contributed by atoms with E-state index < -0.39 is 0 Å². The van der Waals surface area contributed by atoms with E-state index in [0.717, 1.165) is 17.1 Å². The summed E-state index contributed by atoms with van der Waals surface area (Å²) in [5.74, 6) is 0.828. The summed E-state index contributed by atoms with van der Waals surface area (Å²) in [6.07, 6.45) is 2.92. The average Bonchev–Trinajstić information content (AvgIpc) is 2.29. The van der Waals surface area contributed by atoms with Gasteiger partial charge in [0.1, 0.15) is 5.82 Å². The Morgan fingerprint density at radius 3 is 2.38 bits per heavy atom. The number of hydrogen-bond donors (Lipinski definition) is 0. The SMILES string of the molecule is CC(C)(C)c1n[c]cc(-c2ccccc2)n1. The molecule has 0 saturated heterocycles. The van der Waals surface area contributed by atoms with Gasteiger partial charge in [-0.2, -0.15) is 0 Å². The molecular formula is C14H15N2. The van der Waals surface area contributed by atoms with Crippen LogP contribution in [0, 0.1) is 6.20 Å². The van der Waals surface area contributed by atoms with Crippen molar-refractivity contribution in [3.05, 3.63) is 48.4 Å². The van der Waals surface area contributed by atoms with Gasteiger partial charge in [0, 0.05) is 11.0 Å². The molecule has 1 aromatic carbocycles. The molecule has 2 heteroatoms. The maximum Gasteiger partial charge on any atom is 0.135 e. The molecule has 0 saturated carbocycles. The van der Waals surface area contributed by atoms with E-state index in [0.29, 0.717) is 0 Å². The Hall–Kier alpha value is -1.70. The largest absolute Gasteiger partial charge is 0.232 e. The van der Waals surface area contributed by atoms with Gasteiger partial charge >= 0.3 is 0 Å². The normalized spacial score (nSPS) is 11.4. The molecule has 1 heterocycles. The molecule has 0 spiro atoms. The van der Waals surface area contributed by atoms with Crippen LogP contribution in [-0.2, 0) is 5.41 Å². The second-order valence-corrected chi connectivity index (χ2v) is 4.82. The molecule has 2 nitrogen and oxygen atoms in total. The fourth-order valence-corrected chi connectivity index (χ4v) is 1.42. The van der Waals surface area contributed by atoms with Gasteiger partial charge in [0.05, 0.1) is 11.9 Å². The molecule has 16 heavy (non-hydrogen) atoms. The molecule has 0 fully saturated rings. The quantitative estimate of drug-likeness (QED) is 0.723. The molecule has 0 N–H and O–H groups in total. The fraction of sp³-hybridized carbons (Fsp3) is 0.286. The van der Waals surface area contributed by atoms with Crippen LogP contribution in [0.3, 0.4) is 0 Å². The molecule has 0 amide bonds. The van der Waals surface area contributed by atoms with Gasteiger partial charge in [-0.3, -0.25) is 0 Å². The van der Waals surface area contributed by atoms with Crippen molar-refractivity contribution >= 4 is 0 Å². The average molecular weight is 211 g/mol. The van der Waals surface area contributed by atoms with Crippen LogP contribution >= 0.6 is 0 Å². The summed E-state index contributed by atoms with van der Waals surface area (Å²) in [6.45, 7) is 6.31. The lowest BCUT2D eigenvalue weighted by molar-refractivity contribution is 0.545. The molecule has 1 radical (unpaired) electrons. The Morgan fingerprint density at radius 1 is 1.06 bits per heavy atom. The van der Waals surface area contributed by atoms with Crippen LogP contribution in [-0.4, -0.2) is 9.97 Å². The van der Waals surface area contributed by atoms with Gasteiger partial charge in [-0.25, -0.2) is 9.97 Å². The summed E-state index contributed by atoms with van der Waals surface area (Å²) in [4.78, 5) is 8.77. The Bertz CT molecular complexity index is 470. The van der Waals surface area contributed by atoms with E-state index in [1.807, 2.05) is 36.4 Å². The van der Waals surface area contributed by atoms with Crippen molar-refractivity contribution in [2.24, 2.45) is 0 Å². The smallest absolute Gasteiger partial charge is 0.135 e. The van der Waals surface area contributed by atoms with E-state index in [9.17, 15) is 0 Å². The van der Waals surface area contributed by atoms with E-state index >= 15 is 0 Å². The molecule has 0 aliphatic carbocycles. The molecule has 0 aliphatic rings. The van der Waals surface area contributed by atoms with Crippen molar-refractivity contribution in [3.63, 3.8) is 0 Å². The Kier molecular flexibility index (Phi) is 2.73. The monoisotopic (exact) mass is 211 g/mol. The first kappa shape index (κ1) is 10.8. The lowest BCUT2D eigenvalue weighted by Gasteiger charge is -2.16. The summed E-state index contributed by atoms with van der Waals surface area (Å²) in [5, 5.41) is 0. The minimum Gasteiger partial charge on any atom is -0.232 e. The molecule has 0 unspecified atom stereocenters. The third-order valence-corrected chi connectivity index (χ3v) is 2.34. The van der Waals surface area contributed by atoms with Crippen molar-refractivity contribution in [3.8, 4) is 11.3 Å². The second kappa shape index (κ2) is 4.05. The van der Waals surface area contributed by atoms with Crippen LogP contribution < -0.4 is 0 Å². The topological polar surface area (TPSA) is 25.8 Å². The van der Waals surface area contributed by atoms with Crippen LogP contribution in [0.4, 0.5) is 0 Å². The summed E-state index contributed by atoms with van der Waals surface area (Å²) in [7, 11) is 0. The molecule has 2 rings (SSSR count). The summed E-state index contributed by atoms with van der Waals surface area (Å²) in [5.41, 5.74) is 1.99. The third-order valence-electron chi connectivity index (χ3n) is 2.34. The summed E-state index contributed by atoms with van der Waals surface area (Å²) >= 11 is 0. The minimum absolute atomic E-state index is 0.0404. The van der Waals surface area contributed by atoms with Gasteiger partial charge in [0.2, 0.25) is 0 Å². The van der Waals surface area contributed by atoms with Gasteiger partial charge in [-0.1, -0.05) is 51.1 Å². The van der Waals surface area contributed by atoms with Crippen LogP contribution in [0.2, 0.25) is 0 Å². The van der Waals surface area contributed by atoms with Crippen LogP contribution in [0.1, 0.15) is 26.6 Å². The Balaban J connectivity index is 2.45. The molecule has 0 atom stereocenters. The van der Waals surface area contributed by atoms with Crippen LogP contribution in [0.15, 0.2) is 36.4 Å². The predicted octanol–water partition coefficient (Wildman–Crippen LogP) is 3.24. The first-order chi connectivity index (χ1) is 7.57. The predicted molar refractivity (Wildman–Crippen MR) is 65.0 cm³/mol. The van der Waals surface area contributed by atoms with Crippen molar-refractivity contribution < 1.29 is 0 Å². The van der Waals surface area contributed by atoms with Crippen molar-refractivity contribution in [1.29, 1.82) is 0 Å². The van der Waals surface area contributed by atoms with Crippen molar-refractivity contribution in [1.82, 2.24) is 9.97 Å². The lowest BCUT2D eigenvalue weighted by Crippen LogP contribution is -2.16. The van der Waals surface area contributed by atoms with E-state index in [4.69, 9.17) is 0 Å². The highest BCUT2D eigenvalue weighted by Gasteiger charge is 2.17. The molecule has 1 aromatic heterocycles. The Labute approximate surface area is 96.4 Å². The number of benzene rings is 1. The van der Waals surface area contributed by atoms with E-state index in [2.05, 4.69) is 36.9 Å². The van der Waals surface area contributed by atoms with Gasteiger partial charge in [0.15, 0.2) is 0 Å². The fourth-order valence-electron chi connectivity index (χ4n) is 1.42. The van der Waals surface area contributed by atoms with Gasteiger partial charge in [-0.15, -0.1) is 0 Å². The molecule has 2 aromatic rings. The summed E-state index contributed by atoms with van der Waals surface area (Å²) < 4.78 is 0. The summed E-state index contributed by atoms with van der Waals surface area (Å²) in [6, 6.07) is 11.9.